The van der Waals surface area contributed by atoms with Gasteiger partial charge in [0.2, 0.25) is 5.95 Å². The van der Waals surface area contributed by atoms with E-state index in [1.54, 1.807) is 18.2 Å². The predicted octanol–water partition coefficient (Wildman–Crippen LogP) is 5.00. The number of hydrogen-bond donors (Lipinski definition) is 3. The van der Waals surface area contributed by atoms with Gasteiger partial charge in [0.1, 0.15) is 11.5 Å². The highest BCUT2D eigenvalue weighted by Gasteiger charge is 2.08. The van der Waals surface area contributed by atoms with Crippen molar-refractivity contribution in [1.82, 2.24) is 9.97 Å². The van der Waals surface area contributed by atoms with Crippen molar-refractivity contribution in [3.05, 3.63) is 71.0 Å². The van der Waals surface area contributed by atoms with Gasteiger partial charge in [-0.15, -0.1) is 0 Å². The van der Waals surface area contributed by atoms with Crippen LogP contribution in [0.2, 0.25) is 5.02 Å². The number of ether oxygens (including phenoxy) is 1. The SMILES string of the molecule is Cc1cc(C)nc(NC(=N)Nc2cc(Oc3ccccc3)ccc2Cl)n1. The van der Waals surface area contributed by atoms with Crippen molar-refractivity contribution < 1.29 is 4.74 Å². The number of hydrogen-bond acceptors (Lipinski definition) is 4. The summed E-state index contributed by atoms with van der Waals surface area (Å²) in [4.78, 5) is 8.50. The number of halogens is 1. The molecule has 6 nitrogen and oxygen atoms in total. The lowest BCUT2D eigenvalue weighted by molar-refractivity contribution is 0.483. The summed E-state index contributed by atoms with van der Waals surface area (Å²) in [6.45, 7) is 3.75. The van der Waals surface area contributed by atoms with Crippen molar-refractivity contribution in [2.24, 2.45) is 0 Å². The Morgan fingerprint density at radius 2 is 1.62 bits per heavy atom. The average Bonchev–Trinajstić information content (AvgIpc) is 2.58. The molecule has 2 aromatic carbocycles. The standard InChI is InChI=1S/C19H18ClN5O/c1-12-10-13(2)23-19(22-12)25-18(21)24-17-11-15(8-9-16(17)20)26-14-6-4-3-5-7-14/h3-11H,1-2H3,(H3,21,22,23,24,25). The third kappa shape index (κ3) is 4.70. The van der Waals surface area contributed by atoms with E-state index in [0.29, 0.717) is 22.4 Å². The van der Waals surface area contributed by atoms with Gasteiger partial charge in [-0.25, -0.2) is 9.97 Å². The summed E-state index contributed by atoms with van der Waals surface area (Å²) in [7, 11) is 0. The Hall–Kier alpha value is -3.12. The second kappa shape index (κ2) is 7.84. The molecule has 0 unspecified atom stereocenters. The molecule has 1 heterocycles. The molecule has 7 heteroatoms. The van der Waals surface area contributed by atoms with Crippen LogP contribution in [-0.4, -0.2) is 15.9 Å². The second-order valence-electron chi connectivity index (χ2n) is 5.66. The smallest absolute Gasteiger partial charge is 0.229 e. The first kappa shape index (κ1) is 17.7. The van der Waals surface area contributed by atoms with E-state index < -0.39 is 0 Å². The lowest BCUT2D eigenvalue weighted by Crippen LogP contribution is -2.22. The van der Waals surface area contributed by atoms with E-state index in [2.05, 4.69) is 20.6 Å². The number of nitrogens with one attached hydrogen (secondary N) is 3. The molecule has 0 spiro atoms. The zero-order valence-electron chi connectivity index (χ0n) is 14.4. The van der Waals surface area contributed by atoms with Crippen LogP contribution in [0.3, 0.4) is 0 Å². The van der Waals surface area contributed by atoms with Crippen LogP contribution >= 0.6 is 11.6 Å². The molecule has 0 saturated carbocycles. The van der Waals surface area contributed by atoms with E-state index in [9.17, 15) is 0 Å². The second-order valence-corrected chi connectivity index (χ2v) is 6.06. The summed E-state index contributed by atoms with van der Waals surface area (Å²) < 4.78 is 5.79. The molecule has 26 heavy (non-hydrogen) atoms. The lowest BCUT2D eigenvalue weighted by atomic mass is 10.3. The maximum absolute atomic E-state index is 8.09. The fraction of sp³-hybridized carbons (Fsp3) is 0.105. The highest BCUT2D eigenvalue weighted by Crippen LogP contribution is 2.29. The van der Waals surface area contributed by atoms with Gasteiger partial charge in [-0.3, -0.25) is 10.7 Å². The molecule has 3 N–H and O–H groups in total. The molecular weight excluding hydrogens is 350 g/mol. The van der Waals surface area contributed by atoms with E-state index in [1.807, 2.05) is 50.2 Å². The first-order valence-electron chi connectivity index (χ1n) is 7.97. The van der Waals surface area contributed by atoms with Gasteiger partial charge in [0.05, 0.1) is 10.7 Å². The Kier molecular flexibility index (Phi) is 5.34. The lowest BCUT2D eigenvalue weighted by Gasteiger charge is -2.13. The van der Waals surface area contributed by atoms with Gasteiger partial charge in [0.25, 0.3) is 0 Å². The van der Waals surface area contributed by atoms with Crippen molar-refractivity contribution in [2.75, 3.05) is 10.6 Å². The van der Waals surface area contributed by atoms with Crippen molar-refractivity contribution in [3.8, 4) is 11.5 Å². The van der Waals surface area contributed by atoms with Crippen LogP contribution in [0.4, 0.5) is 11.6 Å². The number of guanidine groups is 1. The van der Waals surface area contributed by atoms with Crippen molar-refractivity contribution in [3.63, 3.8) is 0 Å². The summed E-state index contributed by atoms with van der Waals surface area (Å²) in [5.41, 5.74) is 2.19. The van der Waals surface area contributed by atoms with Crippen LogP contribution < -0.4 is 15.4 Å². The molecule has 0 fully saturated rings. The molecule has 0 amide bonds. The molecule has 0 saturated heterocycles. The predicted molar refractivity (Wildman–Crippen MR) is 104 cm³/mol. The molecule has 0 radical (unpaired) electrons. The number of para-hydroxylation sites is 1. The van der Waals surface area contributed by atoms with Crippen LogP contribution in [0, 0.1) is 19.3 Å². The van der Waals surface area contributed by atoms with Crippen LogP contribution in [0.5, 0.6) is 11.5 Å². The molecule has 3 rings (SSSR count). The summed E-state index contributed by atoms with van der Waals surface area (Å²) in [6, 6.07) is 16.5. The molecule has 0 atom stereocenters. The number of aromatic nitrogens is 2. The minimum atomic E-state index is 0.00811. The van der Waals surface area contributed by atoms with E-state index in [-0.39, 0.29) is 5.96 Å². The summed E-state index contributed by atoms with van der Waals surface area (Å²) in [5, 5.41) is 14.3. The molecular formula is C19H18ClN5O. The normalized spacial score (nSPS) is 10.3. The van der Waals surface area contributed by atoms with Gasteiger partial charge in [-0.2, -0.15) is 0 Å². The van der Waals surface area contributed by atoms with Gasteiger partial charge in [0, 0.05) is 17.5 Å². The molecule has 0 aliphatic rings. The van der Waals surface area contributed by atoms with Gasteiger partial charge in [-0.05, 0) is 44.2 Å². The van der Waals surface area contributed by atoms with E-state index >= 15 is 0 Å². The van der Waals surface area contributed by atoms with Crippen LogP contribution in [0.15, 0.2) is 54.6 Å². The molecule has 0 bridgehead atoms. The first-order valence-corrected chi connectivity index (χ1v) is 8.35. The first-order chi connectivity index (χ1) is 12.5. The van der Waals surface area contributed by atoms with E-state index in [4.69, 9.17) is 21.7 Å². The topological polar surface area (TPSA) is 82.9 Å². The number of aryl methyl sites for hydroxylation is 2. The zero-order valence-corrected chi connectivity index (χ0v) is 15.1. The zero-order chi connectivity index (χ0) is 18.5. The Morgan fingerprint density at radius 1 is 0.923 bits per heavy atom. The largest absolute Gasteiger partial charge is 0.457 e. The maximum atomic E-state index is 8.09. The third-order valence-corrected chi connectivity index (χ3v) is 3.73. The van der Waals surface area contributed by atoms with Crippen LogP contribution in [0.25, 0.3) is 0 Å². The minimum Gasteiger partial charge on any atom is -0.457 e. The maximum Gasteiger partial charge on any atom is 0.229 e. The van der Waals surface area contributed by atoms with Gasteiger partial charge in [0.15, 0.2) is 5.96 Å². The summed E-state index contributed by atoms with van der Waals surface area (Å²) in [6.07, 6.45) is 0. The van der Waals surface area contributed by atoms with E-state index in [1.165, 1.54) is 0 Å². The fourth-order valence-electron chi connectivity index (χ4n) is 2.35. The van der Waals surface area contributed by atoms with Crippen LogP contribution in [0.1, 0.15) is 11.4 Å². The van der Waals surface area contributed by atoms with Gasteiger partial charge < -0.3 is 10.1 Å². The molecule has 3 aromatic rings. The third-order valence-electron chi connectivity index (χ3n) is 3.40. The molecule has 0 aliphatic heterocycles. The monoisotopic (exact) mass is 367 g/mol. The summed E-state index contributed by atoms with van der Waals surface area (Å²) in [5.74, 6) is 1.69. The van der Waals surface area contributed by atoms with Crippen LogP contribution in [-0.2, 0) is 0 Å². The quantitative estimate of drug-likeness (QED) is 0.446. The number of rotatable bonds is 4. The van der Waals surface area contributed by atoms with Gasteiger partial charge >= 0.3 is 0 Å². The number of anilines is 2. The number of benzene rings is 2. The minimum absolute atomic E-state index is 0.00811. The van der Waals surface area contributed by atoms with Crippen molar-refractivity contribution in [1.29, 1.82) is 5.41 Å². The van der Waals surface area contributed by atoms with E-state index in [0.717, 1.165) is 17.1 Å². The molecule has 0 aliphatic carbocycles. The Morgan fingerprint density at radius 3 is 2.31 bits per heavy atom. The fourth-order valence-corrected chi connectivity index (χ4v) is 2.51. The highest BCUT2D eigenvalue weighted by molar-refractivity contribution is 6.33. The van der Waals surface area contributed by atoms with Gasteiger partial charge in [-0.1, -0.05) is 29.8 Å². The Bertz CT molecular complexity index is 910. The Labute approximate surface area is 156 Å². The Balaban J connectivity index is 1.72. The molecule has 1 aromatic heterocycles. The van der Waals surface area contributed by atoms with Crippen molar-refractivity contribution >= 4 is 29.2 Å². The number of nitrogens with zero attached hydrogens (tertiary/aromatic N) is 2. The summed E-state index contributed by atoms with van der Waals surface area (Å²) >= 11 is 6.22. The average molecular weight is 368 g/mol. The highest BCUT2D eigenvalue weighted by atomic mass is 35.5. The van der Waals surface area contributed by atoms with Crippen molar-refractivity contribution in [2.45, 2.75) is 13.8 Å². The molecule has 132 valence electrons.